The molecule has 0 aliphatic carbocycles. The average molecular weight is 195 g/mol. The predicted octanol–water partition coefficient (Wildman–Crippen LogP) is 3.30. The lowest BCUT2D eigenvalue weighted by molar-refractivity contribution is 1.78. The summed E-state index contributed by atoms with van der Waals surface area (Å²) in [6.07, 6.45) is 0. The van der Waals surface area contributed by atoms with Crippen molar-refractivity contribution in [2.24, 2.45) is 0 Å². The molecular weight excluding hydrogens is 187 g/mol. The molecule has 12 heavy (non-hydrogen) atoms. The number of benzene rings is 2. The molecule has 2 aromatic carbocycles. The van der Waals surface area contributed by atoms with Gasteiger partial charge in [-0.1, -0.05) is 47.6 Å². The molecule has 60 valence electrons. The molecule has 0 saturated heterocycles. The minimum Gasteiger partial charge on any atom is -0.0948 e. The van der Waals surface area contributed by atoms with Crippen LogP contribution in [0.15, 0.2) is 42.5 Å². The van der Waals surface area contributed by atoms with Gasteiger partial charge in [-0.25, -0.2) is 0 Å². The van der Waals surface area contributed by atoms with Gasteiger partial charge >= 0.3 is 0 Å². The van der Waals surface area contributed by atoms with Crippen LogP contribution in [0.5, 0.6) is 0 Å². The maximum absolute atomic E-state index is 5.76. The molecule has 0 radical (unpaired) electrons. The van der Waals surface area contributed by atoms with Crippen LogP contribution in [-0.2, 0) is 0 Å². The van der Waals surface area contributed by atoms with Crippen molar-refractivity contribution >= 4 is 35.3 Å². The Bertz CT molecular complexity index is 398. The van der Waals surface area contributed by atoms with E-state index < -0.39 is 0 Å². The molecule has 1 unspecified atom stereocenters. The average Bonchev–Trinajstić information content (AvgIpc) is 2.17. The quantitative estimate of drug-likeness (QED) is 0.611. The molecule has 0 heterocycles. The van der Waals surface area contributed by atoms with E-state index in [1.165, 1.54) is 16.1 Å². The number of rotatable bonds is 1. The second kappa shape index (κ2) is 3.43. The zero-order valence-electron chi connectivity index (χ0n) is 6.42. The normalized spacial score (nSPS) is 11.4. The number of halogens is 1. The van der Waals surface area contributed by atoms with Crippen molar-refractivity contribution in [3.05, 3.63) is 42.5 Å². The van der Waals surface area contributed by atoms with Gasteiger partial charge in [0.2, 0.25) is 0 Å². The maximum Gasteiger partial charge on any atom is 0.00662 e. The van der Waals surface area contributed by atoms with E-state index in [-0.39, 0.29) is 0 Å². The monoisotopic (exact) mass is 194 g/mol. The highest BCUT2D eigenvalue weighted by molar-refractivity contribution is 7.74. The molecular formula is C10H8ClP. The maximum atomic E-state index is 5.76. The minimum absolute atomic E-state index is 0.366. The van der Waals surface area contributed by atoms with Crippen molar-refractivity contribution in [1.82, 2.24) is 0 Å². The van der Waals surface area contributed by atoms with Crippen LogP contribution in [0.3, 0.4) is 0 Å². The molecule has 0 fully saturated rings. The Morgan fingerprint density at radius 1 is 0.917 bits per heavy atom. The molecule has 0 aromatic heterocycles. The fourth-order valence-corrected chi connectivity index (χ4v) is 1.96. The topological polar surface area (TPSA) is 0 Å². The van der Waals surface area contributed by atoms with E-state index in [2.05, 4.69) is 30.3 Å². The van der Waals surface area contributed by atoms with Crippen molar-refractivity contribution in [3.8, 4) is 0 Å². The second-order valence-electron chi connectivity index (χ2n) is 2.66. The summed E-state index contributed by atoms with van der Waals surface area (Å²) in [4.78, 5) is 0. The van der Waals surface area contributed by atoms with Crippen LogP contribution < -0.4 is 5.30 Å². The van der Waals surface area contributed by atoms with E-state index in [0.29, 0.717) is 7.93 Å². The van der Waals surface area contributed by atoms with E-state index in [1.54, 1.807) is 0 Å². The smallest absolute Gasteiger partial charge is 0.00662 e. The molecule has 0 nitrogen and oxygen atoms in total. The lowest BCUT2D eigenvalue weighted by Gasteiger charge is -1.98. The third kappa shape index (κ3) is 1.46. The fourth-order valence-electron chi connectivity index (χ4n) is 1.25. The van der Waals surface area contributed by atoms with E-state index in [4.69, 9.17) is 11.2 Å². The molecule has 0 aliphatic rings. The third-order valence-corrected chi connectivity index (χ3v) is 3.04. The molecule has 0 N–H and O–H groups in total. The molecule has 0 amide bonds. The van der Waals surface area contributed by atoms with Crippen LogP contribution in [0, 0.1) is 0 Å². The Labute approximate surface area is 78.1 Å². The molecule has 2 aromatic rings. The summed E-state index contributed by atoms with van der Waals surface area (Å²) in [6.45, 7) is 0. The van der Waals surface area contributed by atoms with Gasteiger partial charge in [0.25, 0.3) is 0 Å². The largest absolute Gasteiger partial charge is 0.0948 e. The standard InChI is InChI=1S/C10H8ClP/c11-12-10-6-5-8-3-1-2-4-9(8)7-10/h1-7,12H. The summed E-state index contributed by atoms with van der Waals surface area (Å²) in [5, 5.41) is 3.75. The van der Waals surface area contributed by atoms with E-state index in [0.717, 1.165) is 0 Å². The molecule has 0 bridgehead atoms. The van der Waals surface area contributed by atoms with Gasteiger partial charge in [-0.15, -0.1) is 0 Å². The highest BCUT2D eigenvalue weighted by Gasteiger charge is 1.93. The molecule has 2 rings (SSSR count). The lowest BCUT2D eigenvalue weighted by atomic mass is 10.1. The van der Waals surface area contributed by atoms with Gasteiger partial charge < -0.3 is 0 Å². The van der Waals surface area contributed by atoms with Crippen LogP contribution in [0.4, 0.5) is 0 Å². The molecule has 1 atom stereocenters. The Balaban J connectivity index is 2.67. The highest BCUT2D eigenvalue weighted by Crippen LogP contribution is 2.19. The SMILES string of the molecule is ClPc1ccc2ccccc2c1. The second-order valence-corrected chi connectivity index (χ2v) is 3.99. The van der Waals surface area contributed by atoms with Crippen LogP contribution in [0.2, 0.25) is 0 Å². The predicted molar refractivity (Wildman–Crippen MR) is 57.8 cm³/mol. The summed E-state index contributed by atoms with van der Waals surface area (Å²) in [7, 11) is 0.366. The first-order valence-corrected chi connectivity index (χ1v) is 5.77. The summed E-state index contributed by atoms with van der Waals surface area (Å²) < 4.78 is 0. The van der Waals surface area contributed by atoms with E-state index >= 15 is 0 Å². The first kappa shape index (κ1) is 8.04. The summed E-state index contributed by atoms with van der Waals surface area (Å²) in [5.41, 5.74) is 0. The van der Waals surface area contributed by atoms with Crippen molar-refractivity contribution in [3.63, 3.8) is 0 Å². The molecule has 0 aliphatic heterocycles. The summed E-state index contributed by atoms with van der Waals surface area (Å²) in [6, 6.07) is 14.6. The summed E-state index contributed by atoms with van der Waals surface area (Å²) >= 11 is 5.76. The zero-order chi connectivity index (χ0) is 8.39. The van der Waals surface area contributed by atoms with Gasteiger partial charge in [0.05, 0.1) is 0 Å². The third-order valence-electron chi connectivity index (χ3n) is 1.86. The van der Waals surface area contributed by atoms with Gasteiger partial charge in [-0.05, 0) is 22.1 Å². The van der Waals surface area contributed by atoms with Gasteiger partial charge in [-0.2, -0.15) is 0 Å². The first-order valence-electron chi connectivity index (χ1n) is 3.75. The zero-order valence-corrected chi connectivity index (χ0v) is 8.18. The number of hydrogen-bond acceptors (Lipinski definition) is 0. The van der Waals surface area contributed by atoms with Gasteiger partial charge in [0.1, 0.15) is 0 Å². The Hall–Kier alpha value is -0.580. The number of hydrogen-bond donors (Lipinski definition) is 0. The van der Waals surface area contributed by atoms with Gasteiger partial charge in [-0.3, -0.25) is 0 Å². The van der Waals surface area contributed by atoms with E-state index in [9.17, 15) is 0 Å². The fraction of sp³-hybridized carbons (Fsp3) is 0. The number of fused-ring (bicyclic) bond motifs is 1. The molecule has 0 spiro atoms. The van der Waals surface area contributed by atoms with Gasteiger partial charge in [0.15, 0.2) is 0 Å². The van der Waals surface area contributed by atoms with Crippen LogP contribution in [0.1, 0.15) is 0 Å². The van der Waals surface area contributed by atoms with E-state index in [1.807, 2.05) is 12.1 Å². The van der Waals surface area contributed by atoms with Crippen molar-refractivity contribution in [1.29, 1.82) is 0 Å². The van der Waals surface area contributed by atoms with Crippen molar-refractivity contribution in [2.75, 3.05) is 0 Å². The van der Waals surface area contributed by atoms with Crippen LogP contribution >= 0.6 is 19.2 Å². The minimum atomic E-state index is 0.366. The lowest BCUT2D eigenvalue weighted by Crippen LogP contribution is -1.89. The Morgan fingerprint density at radius 2 is 1.67 bits per heavy atom. The molecule has 2 heteroatoms. The van der Waals surface area contributed by atoms with Crippen molar-refractivity contribution in [2.45, 2.75) is 0 Å². The Kier molecular flexibility index (Phi) is 2.30. The molecule has 0 saturated carbocycles. The van der Waals surface area contributed by atoms with Crippen molar-refractivity contribution < 1.29 is 0 Å². The summed E-state index contributed by atoms with van der Waals surface area (Å²) in [5.74, 6) is 0. The highest BCUT2D eigenvalue weighted by atomic mass is 35.7. The van der Waals surface area contributed by atoms with Gasteiger partial charge in [0, 0.05) is 7.93 Å². The van der Waals surface area contributed by atoms with Crippen LogP contribution in [0.25, 0.3) is 10.8 Å². The first-order chi connectivity index (χ1) is 5.90. The van der Waals surface area contributed by atoms with Crippen LogP contribution in [-0.4, -0.2) is 0 Å². The Morgan fingerprint density at radius 3 is 2.42 bits per heavy atom.